The summed E-state index contributed by atoms with van der Waals surface area (Å²) in [7, 11) is 0. The van der Waals surface area contributed by atoms with E-state index >= 15 is 0 Å². The topological polar surface area (TPSA) is 69.0 Å². The van der Waals surface area contributed by atoms with E-state index in [4.69, 9.17) is 4.74 Å². The number of nitrogens with zero attached hydrogens (tertiary/aromatic N) is 3. The molecule has 1 amide bonds. The number of nitrogens with one attached hydrogen (secondary N) is 1. The first-order chi connectivity index (χ1) is 12.0. The van der Waals surface area contributed by atoms with Gasteiger partial charge in [0, 0.05) is 24.2 Å². The SMILES string of the molecule is CC(C)Oc1ncccc1NC(=O)c1ccc(-n2cccn2)c(F)c1. The van der Waals surface area contributed by atoms with Crippen molar-refractivity contribution in [1.82, 2.24) is 14.8 Å². The number of carbonyl (C=O) groups excluding carboxylic acids is 1. The fraction of sp³-hybridized carbons (Fsp3) is 0.167. The minimum absolute atomic E-state index is 0.0867. The van der Waals surface area contributed by atoms with Crippen molar-refractivity contribution in [2.75, 3.05) is 5.32 Å². The van der Waals surface area contributed by atoms with Gasteiger partial charge in [0.05, 0.1) is 6.10 Å². The summed E-state index contributed by atoms with van der Waals surface area (Å²) < 4.78 is 21.2. The quantitative estimate of drug-likeness (QED) is 0.772. The Morgan fingerprint density at radius 1 is 1.24 bits per heavy atom. The maximum absolute atomic E-state index is 14.3. The molecule has 1 aromatic carbocycles. The van der Waals surface area contributed by atoms with Crippen LogP contribution in [0.2, 0.25) is 0 Å². The van der Waals surface area contributed by atoms with Crippen LogP contribution < -0.4 is 10.1 Å². The molecular formula is C18H17FN4O2. The third-order valence-corrected chi connectivity index (χ3v) is 3.33. The van der Waals surface area contributed by atoms with Crippen LogP contribution in [0.25, 0.3) is 5.69 Å². The Kier molecular flexibility index (Phi) is 4.74. The van der Waals surface area contributed by atoms with Crippen molar-refractivity contribution in [2.45, 2.75) is 20.0 Å². The minimum atomic E-state index is -0.541. The second-order valence-corrected chi connectivity index (χ2v) is 5.59. The molecule has 7 heteroatoms. The van der Waals surface area contributed by atoms with Gasteiger partial charge >= 0.3 is 0 Å². The van der Waals surface area contributed by atoms with Crippen LogP contribution >= 0.6 is 0 Å². The Hall–Kier alpha value is -3.22. The molecule has 0 radical (unpaired) electrons. The van der Waals surface area contributed by atoms with Crippen molar-refractivity contribution in [3.63, 3.8) is 0 Å². The number of aromatic nitrogens is 3. The highest BCUT2D eigenvalue weighted by atomic mass is 19.1. The number of hydrogen-bond donors (Lipinski definition) is 1. The normalized spacial score (nSPS) is 10.7. The molecule has 0 aliphatic carbocycles. The number of benzene rings is 1. The summed E-state index contributed by atoms with van der Waals surface area (Å²) in [5.41, 5.74) is 0.886. The molecule has 25 heavy (non-hydrogen) atoms. The maximum Gasteiger partial charge on any atom is 0.255 e. The van der Waals surface area contributed by atoms with Gasteiger partial charge in [-0.15, -0.1) is 0 Å². The van der Waals surface area contributed by atoms with Crippen LogP contribution in [0.1, 0.15) is 24.2 Å². The average molecular weight is 340 g/mol. The van der Waals surface area contributed by atoms with E-state index in [-0.39, 0.29) is 17.4 Å². The maximum atomic E-state index is 14.3. The number of ether oxygens (including phenoxy) is 1. The number of anilines is 1. The minimum Gasteiger partial charge on any atom is -0.473 e. The lowest BCUT2D eigenvalue weighted by Crippen LogP contribution is -2.15. The van der Waals surface area contributed by atoms with Crippen molar-refractivity contribution in [3.8, 4) is 11.6 Å². The summed E-state index contributed by atoms with van der Waals surface area (Å²) in [5, 5.41) is 6.68. The van der Waals surface area contributed by atoms with E-state index in [1.807, 2.05) is 13.8 Å². The number of carbonyl (C=O) groups is 1. The van der Waals surface area contributed by atoms with Crippen molar-refractivity contribution in [1.29, 1.82) is 0 Å². The molecule has 0 aliphatic rings. The van der Waals surface area contributed by atoms with Gasteiger partial charge in [-0.3, -0.25) is 4.79 Å². The molecule has 0 aliphatic heterocycles. The lowest BCUT2D eigenvalue weighted by molar-refractivity contribution is 0.102. The molecule has 3 aromatic rings. The highest BCUT2D eigenvalue weighted by molar-refractivity contribution is 6.05. The van der Waals surface area contributed by atoms with E-state index in [1.165, 1.54) is 22.9 Å². The van der Waals surface area contributed by atoms with Gasteiger partial charge < -0.3 is 10.1 Å². The van der Waals surface area contributed by atoms with Crippen LogP contribution in [0.15, 0.2) is 55.0 Å². The van der Waals surface area contributed by atoms with Gasteiger partial charge in [-0.2, -0.15) is 5.10 Å². The Balaban J connectivity index is 1.82. The van der Waals surface area contributed by atoms with Gasteiger partial charge in [-0.25, -0.2) is 14.1 Å². The number of pyridine rings is 1. The third-order valence-electron chi connectivity index (χ3n) is 3.33. The van der Waals surface area contributed by atoms with Crippen LogP contribution in [0.3, 0.4) is 0 Å². The molecule has 0 unspecified atom stereocenters. The van der Waals surface area contributed by atoms with Crippen LogP contribution in [-0.4, -0.2) is 26.8 Å². The smallest absolute Gasteiger partial charge is 0.255 e. The summed E-state index contributed by atoms with van der Waals surface area (Å²) in [6, 6.07) is 9.27. The molecule has 2 aromatic heterocycles. The van der Waals surface area contributed by atoms with E-state index in [1.54, 1.807) is 36.8 Å². The van der Waals surface area contributed by atoms with Gasteiger partial charge in [0.1, 0.15) is 17.2 Å². The number of halogens is 1. The predicted molar refractivity (Wildman–Crippen MR) is 91.5 cm³/mol. The van der Waals surface area contributed by atoms with Crippen molar-refractivity contribution < 1.29 is 13.9 Å². The number of rotatable bonds is 5. The molecule has 128 valence electrons. The molecule has 3 rings (SSSR count). The standard InChI is InChI=1S/C18H17FN4O2/c1-12(2)25-18-15(5-3-8-20-18)22-17(24)13-6-7-16(14(19)11-13)23-10-4-9-21-23/h3-12H,1-2H3,(H,22,24). The lowest BCUT2D eigenvalue weighted by atomic mass is 10.2. The van der Waals surface area contributed by atoms with Crippen LogP contribution in [0.5, 0.6) is 5.88 Å². The van der Waals surface area contributed by atoms with Crippen molar-refractivity contribution in [2.24, 2.45) is 0 Å². The van der Waals surface area contributed by atoms with Gasteiger partial charge in [-0.1, -0.05) is 0 Å². The van der Waals surface area contributed by atoms with E-state index < -0.39 is 11.7 Å². The van der Waals surface area contributed by atoms with Gasteiger partial charge in [0.15, 0.2) is 0 Å². The second-order valence-electron chi connectivity index (χ2n) is 5.59. The summed E-state index contributed by atoms with van der Waals surface area (Å²) in [4.78, 5) is 16.5. The number of amides is 1. The fourth-order valence-corrected chi connectivity index (χ4v) is 2.24. The Morgan fingerprint density at radius 2 is 2.08 bits per heavy atom. The Bertz CT molecular complexity index is 879. The third kappa shape index (κ3) is 3.82. The zero-order valence-electron chi connectivity index (χ0n) is 13.8. The summed E-state index contributed by atoms with van der Waals surface area (Å²) >= 11 is 0. The zero-order valence-corrected chi connectivity index (χ0v) is 13.8. The first-order valence-corrected chi connectivity index (χ1v) is 7.77. The monoisotopic (exact) mass is 340 g/mol. The van der Waals surface area contributed by atoms with Gasteiger partial charge in [0.25, 0.3) is 5.91 Å². The van der Waals surface area contributed by atoms with Crippen molar-refractivity contribution in [3.05, 3.63) is 66.4 Å². The largest absolute Gasteiger partial charge is 0.473 e. The first kappa shape index (κ1) is 16.6. The highest BCUT2D eigenvalue weighted by Crippen LogP contribution is 2.23. The predicted octanol–water partition coefficient (Wildman–Crippen LogP) is 3.45. The van der Waals surface area contributed by atoms with E-state index in [9.17, 15) is 9.18 Å². The van der Waals surface area contributed by atoms with E-state index in [0.717, 1.165) is 0 Å². The van der Waals surface area contributed by atoms with Gasteiger partial charge in [-0.05, 0) is 50.2 Å². The summed E-state index contributed by atoms with van der Waals surface area (Å²) in [6.45, 7) is 3.73. The summed E-state index contributed by atoms with van der Waals surface area (Å²) in [6.07, 6.45) is 4.67. The molecule has 1 N–H and O–H groups in total. The Morgan fingerprint density at radius 3 is 2.76 bits per heavy atom. The average Bonchev–Trinajstić information content (AvgIpc) is 3.10. The Labute approximate surface area is 144 Å². The van der Waals surface area contributed by atoms with E-state index in [0.29, 0.717) is 11.6 Å². The van der Waals surface area contributed by atoms with Crippen LogP contribution in [0, 0.1) is 5.82 Å². The van der Waals surface area contributed by atoms with Crippen LogP contribution in [-0.2, 0) is 0 Å². The van der Waals surface area contributed by atoms with E-state index in [2.05, 4.69) is 15.4 Å². The lowest BCUT2D eigenvalue weighted by Gasteiger charge is -2.13. The highest BCUT2D eigenvalue weighted by Gasteiger charge is 2.14. The zero-order chi connectivity index (χ0) is 17.8. The first-order valence-electron chi connectivity index (χ1n) is 7.77. The molecule has 0 fully saturated rings. The molecule has 0 bridgehead atoms. The summed E-state index contributed by atoms with van der Waals surface area (Å²) in [5.74, 6) is -0.673. The van der Waals surface area contributed by atoms with Gasteiger partial charge in [0.2, 0.25) is 5.88 Å². The molecule has 0 saturated heterocycles. The molecule has 0 spiro atoms. The molecule has 0 saturated carbocycles. The van der Waals surface area contributed by atoms with Crippen LogP contribution in [0.4, 0.5) is 10.1 Å². The molecule has 2 heterocycles. The molecule has 0 atom stereocenters. The second kappa shape index (κ2) is 7.12. The molecule has 6 nitrogen and oxygen atoms in total. The number of hydrogen-bond acceptors (Lipinski definition) is 4. The fourth-order valence-electron chi connectivity index (χ4n) is 2.24. The van der Waals surface area contributed by atoms with Crippen molar-refractivity contribution >= 4 is 11.6 Å². The molecular weight excluding hydrogens is 323 g/mol.